The van der Waals surface area contributed by atoms with Crippen LogP contribution in [0.4, 0.5) is 0 Å². The second-order valence-corrected chi connectivity index (χ2v) is 8.46. The number of amides is 1. The predicted molar refractivity (Wildman–Crippen MR) is 80.4 cm³/mol. The minimum absolute atomic E-state index is 0.00979. The smallest absolute Gasteiger partial charge is 0.241 e. The summed E-state index contributed by atoms with van der Waals surface area (Å²) < 4.78 is 27.1. The third-order valence-electron chi connectivity index (χ3n) is 4.97. The summed E-state index contributed by atoms with van der Waals surface area (Å²) in [6, 6.07) is -0.450. The van der Waals surface area contributed by atoms with Gasteiger partial charge in [0, 0.05) is 32.7 Å². The van der Waals surface area contributed by atoms with Crippen LogP contribution in [-0.4, -0.2) is 67.5 Å². The van der Waals surface area contributed by atoms with Crippen LogP contribution in [0.5, 0.6) is 0 Å². The Labute approximate surface area is 126 Å². The van der Waals surface area contributed by atoms with Crippen LogP contribution < -0.4 is 5.32 Å². The lowest BCUT2D eigenvalue weighted by atomic mass is 10.2. The Kier molecular flexibility index (Phi) is 4.51. The molecule has 1 saturated carbocycles. The molecule has 1 amide bonds. The summed E-state index contributed by atoms with van der Waals surface area (Å²) in [4.78, 5) is 14.5. The lowest BCUT2D eigenvalue weighted by Gasteiger charge is -2.33. The van der Waals surface area contributed by atoms with Gasteiger partial charge in [0.05, 0.1) is 5.25 Å². The van der Waals surface area contributed by atoms with Gasteiger partial charge >= 0.3 is 0 Å². The van der Waals surface area contributed by atoms with E-state index in [-0.39, 0.29) is 11.2 Å². The van der Waals surface area contributed by atoms with Crippen LogP contribution in [0.1, 0.15) is 38.5 Å². The summed E-state index contributed by atoms with van der Waals surface area (Å²) in [7, 11) is -3.30. The first-order valence-electron chi connectivity index (χ1n) is 8.11. The molecule has 3 fully saturated rings. The Morgan fingerprint density at radius 1 is 0.952 bits per heavy atom. The van der Waals surface area contributed by atoms with Crippen molar-refractivity contribution in [2.24, 2.45) is 0 Å². The highest BCUT2D eigenvalue weighted by atomic mass is 32.2. The van der Waals surface area contributed by atoms with E-state index in [4.69, 9.17) is 0 Å². The number of nitrogens with one attached hydrogen (secondary N) is 1. The van der Waals surface area contributed by atoms with Gasteiger partial charge in [0.15, 0.2) is 0 Å². The average molecular weight is 315 g/mol. The highest BCUT2D eigenvalue weighted by Gasteiger charge is 2.44. The minimum Gasteiger partial charge on any atom is -0.339 e. The maximum absolute atomic E-state index is 12.8. The molecular formula is C14H25N3O3S. The lowest BCUT2D eigenvalue weighted by molar-refractivity contribution is -0.135. The predicted octanol–water partition coefficient (Wildman–Crippen LogP) is 0.155. The maximum atomic E-state index is 12.8. The quantitative estimate of drug-likeness (QED) is 0.805. The fourth-order valence-corrected chi connectivity index (χ4v) is 6.01. The van der Waals surface area contributed by atoms with E-state index in [9.17, 15) is 13.2 Å². The summed E-state index contributed by atoms with van der Waals surface area (Å²) >= 11 is 0. The van der Waals surface area contributed by atoms with E-state index < -0.39 is 16.1 Å². The van der Waals surface area contributed by atoms with Gasteiger partial charge in [-0.15, -0.1) is 0 Å². The SMILES string of the molecule is O=C(C1CCCN1S(=O)(=O)C1CCCC1)N1CCNCC1. The molecule has 6 nitrogen and oxygen atoms in total. The number of hydrogen-bond donors (Lipinski definition) is 1. The van der Waals surface area contributed by atoms with Gasteiger partial charge in [-0.2, -0.15) is 4.31 Å². The molecule has 0 bridgehead atoms. The molecular weight excluding hydrogens is 290 g/mol. The van der Waals surface area contributed by atoms with Crippen LogP contribution in [0, 0.1) is 0 Å². The normalized spacial score (nSPS) is 29.1. The second kappa shape index (κ2) is 6.22. The van der Waals surface area contributed by atoms with E-state index in [2.05, 4.69) is 5.32 Å². The minimum atomic E-state index is -3.30. The third-order valence-corrected chi connectivity index (χ3v) is 7.37. The first-order valence-corrected chi connectivity index (χ1v) is 9.61. The monoisotopic (exact) mass is 315 g/mol. The summed E-state index contributed by atoms with van der Waals surface area (Å²) in [6.45, 7) is 3.49. The summed E-state index contributed by atoms with van der Waals surface area (Å²) in [5.41, 5.74) is 0. The molecule has 0 aromatic heterocycles. The number of hydrogen-bond acceptors (Lipinski definition) is 4. The molecule has 7 heteroatoms. The van der Waals surface area contributed by atoms with Crippen molar-refractivity contribution >= 4 is 15.9 Å². The summed E-state index contributed by atoms with van der Waals surface area (Å²) in [5.74, 6) is 0.00979. The van der Waals surface area contributed by atoms with Crippen molar-refractivity contribution in [2.45, 2.75) is 49.8 Å². The molecule has 1 aliphatic carbocycles. The van der Waals surface area contributed by atoms with Gasteiger partial charge < -0.3 is 10.2 Å². The van der Waals surface area contributed by atoms with E-state index >= 15 is 0 Å². The standard InChI is InChI=1S/C14H25N3O3S/c18-14(16-10-7-15-8-11-16)13-6-3-9-17(13)21(19,20)12-4-1-2-5-12/h12-13,15H,1-11H2. The molecule has 2 heterocycles. The van der Waals surface area contributed by atoms with Crippen molar-refractivity contribution in [3.8, 4) is 0 Å². The van der Waals surface area contributed by atoms with Gasteiger partial charge in [-0.1, -0.05) is 12.8 Å². The van der Waals surface area contributed by atoms with E-state index in [1.165, 1.54) is 4.31 Å². The van der Waals surface area contributed by atoms with Crippen LogP contribution in [-0.2, 0) is 14.8 Å². The zero-order valence-electron chi connectivity index (χ0n) is 12.5. The number of carbonyl (C=O) groups excluding carboxylic acids is 1. The Hall–Kier alpha value is -0.660. The first kappa shape index (κ1) is 15.2. The van der Waals surface area contributed by atoms with Crippen LogP contribution in [0.25, 0.3) is 0 Å². The lowest BCUT2D eigenvalue weighted by Crippen LogP contribution is -2.54. The van der Waals surface area contributed by atoms with Crippen molar-refractivity contribution in [2.75, 3.05) is 32.7 Å². The molecule has 1 atom stereocenters. The van der Waals surface area contributed by atoms with Gasteiger partial charge in [-0.05, 0) is 25.7 Å². The molecule has 21 heavy (non-hydrogen) atoms. The van der Waals surface area contributed by atoms with Crippen molar-refractivity contribution < 1.29 is 13.2 Å². The topological polar surface area (TPSA) is 69.7 Å². The van der Waals surface area contributed by atoms with Crippen LogP contribution in [0.15, 0.2) is 0 Å². The molecule has 2 aliphatic heterocycles. The molecule has 0 aromatic rings. The van der Waals surface area contributed by atoms with Gasteiger partial charge in [0.2, 0.25) is 15.9 Å². The number of carbonyl (C=O) groups is 1. The summed E-state index contributed by atoms with van der Waals surface area (Å²) in [5, 5.41) is 2.97. The van der Waals surface area contributed by atoms with Crippen molar-refractivity contribution in [3.63, 3.8) is 0 Å². The van der Waals surface area contributed by atoms with Gasteiger partial charge in [-0.3, -0.25) is 4.79 Å². The van der Waals surface area contributed by atoms with Gasteiger partial charge in [0.25, 0.3) is 0 Å². The molecule has 2 saturated heterocycles. The molecule has 0 spiro atoms. The highest BCUT2D eigenvalue weighted by molar-refractivity contribution is 7.89. The average Bonchev–Trinajstić information content (AvgIpc) is 3.19. The van der Waals surface area contributed by atoms with Crippen LogP contribution >= 0.6 is 0 Å². The summed E-state index contributed by atoms with van der Waals surface area (Å²) in [6.07, 6.45) is 4.98. The van der Waals surface area contributed by atoms with E-state index in [1.54, 1.807) is 0 Å². The Morgan fingerprint density at radius 2 is 1.62 bits per heavy atom. The molecule has 120 valence electrons. The number of nitrogens with zero attached hydrogens (tertiary/aromatic N) is 2. The zero-order chi connectivity index (χ0) is 14.9. The second-order valence-electron chi connectivity index (χ2n) is 6.30. The van der Waals surface area contributed by atoms with Crippen molar-refractivity contribution in [1.82, 2.24) is 14.5 Å². The van der Waals surface area contributed by atoms with Crippen molar-refractivity contribution in [3.05, 3.63) is 0 Å². The number of rotatable bonds is 3. The molecule has 1 N–H and O–H groups in total. The zero-order valence-corrected chi connectivity index (χ0v) is 13.3. The highest BCUT2D eigenvalue weighted by Crippen LogP contribution is 2.32. The fraction of sp³-hybridized carbons (Fsp3) is 0.929. The maximum Gasteiger partial charge on any atom is 0.241 e. The number of sulfonamides is 1. The van der Waals surface area contributed by atoms with E-state index in [0.29, 0.717) is 26.1 Å². The fourth-order valence-electron chi connectivity index (χ4n) is 3.77. The largest absolute Gasteiger partial charge is 0.339 e. The van der Waals surface area contributed by atoms with Crippen molar-refractivity contribution in [1.29, 1.82) is 0 Å². The van der Waals surface area contributed by atoms with Crippen LogP contribution in [0.2, 0.25) is 0 Å². The Bertz CT molecular complexity index is 482. The van der Waals surface area contributed by atoms with Gasteiger partial charge in [-0.25, -0.2) is 8.42 Å². The molecule has 3 rings (SSSR count). The molecule has 0 radical (unpaired) electrons. The van der Waals surface area contributed by atoms with E-state index in [0.717, 1.165) is 45.2 Å². The van der Waals surface area contributed by atoms with Gasteiger partial charge in [0.1, 0.15) is 6.04 Å². The van der Waals surface area contributed by atoms with E-state index in [1.807, 2.05) is 4.90 Å². The molecule has 1 unspecified atom stereocenters. The molecule has 3 aliphatic rings. The number of piperazine rings is 1. The van der Waals surface area contributed by atoms with Crippen LogP contribution in [0.3, 0.4) is 0 Å². The third kappa shape index (κ3) is 2.96. The first-order chi connectivity index (χ1) is 10.1. The Morgan fingerprint density at radius 3 is 2.29 bits per heavy atom. The Balaban J connectivity index is 1.73. The molecule has 0 aromatic carbocycles.